The van der Waals surface area contributed by atoms with Gasteiger partial charge in [0.05, 0.1) is 25.8 Å². The molecule has 0 saturated carbocycles. The minimum absolute atomic E-state index is 0.326. The molecule has 0 radical (unpaired) electrons. The number of azide groups is 1. The van der Waals surface area contributed by atoms with E-state index in [1.54, 1.807) is 0 Å². The van der Waals surface area contributed by atoms with Crippen molar-refractivity contribution in [2.24, 2.45) is 10.8 Å². The van der Waals surface area contributed by atoms with Crippen LogP contribution in [0.1, 0.15) is 13.8 Å². The van der Waals surface area contributed by atoms with Crippen LogP contribution in [0.2, 0.25) is 0 Å². The summed E-state index contributed by atoms with van der Waals surface area (Å²) in [5.41, 5.74) is 14.7. The van der Waals surface area contributed by atoms with E-state index in [2.05, 4.69) is 14.8 Å². The van der Waals surface area contributed by atoms with Crippen molar-refractivity contribution in [2.75, 3.05) is 13.7 Å². The van der Waals surface area contributed by atoms with Gasteiger partial charge in [0, 0.05) is 18.8 Å². The van der Waals surface area contributed by atoms with Gasteiger partial charge in [0.15, 0.2) is 18.3 Å². The van der Waals surface area contributed by atoms with Gasteiger partial charge in [-0.25, -0.2) is 4.79 Å². The third-order valence-electron chi connectivity index (χ3n) is 3.42. The van der Waals surface area contributed by atoms with Crippen molar-refractivity contribution in [1.82, 2.24) is 0 Å². The molecule has 1 heterocycles. The summed E-state index contributed by atoms with van der Waals surface area (Å²) >= 11 is 0. The highest BCUT2D eigenvalue weighted by molar-refractivity contribution is 5.86. The fraction of sp³-hybridized carbons (Fsp3) is 0.643. The van der Waals surface area contributed by atoms with Crippen LogP contribution in [-0.4, -0.2) is 67.1 Å². The van der Waals surface area contributed by atoms with Crippen LogP contribution in [0.25, 0.3) is 10.4 Å². The number of methoxy groups -OCH3 is 1. The van der Waals surface area contributed by atoms with Crippen LogP contribution in [0.15, 0.2) is 16.9 Å². The third-order valence-corrected chi connectivity index (χ3v) is 3.42. The Hall–Kier alpha value is -2.82. The highest BCUT2D eigenvalue weighted by Gasteiger charge is 2.45. The zero-order valence-corrected chi connectivity index (χ0v) is 14.4. The fourth-order valence-electron chi connectivity index (χ4n) is 2.37. The molecular formula is C14H20N4O8. The minimum Gasteiger partial charge on any atom is -0.478 e. The standard InChI is InChI=1S/C14H20N4O8/c1-6(20)24-10(5-19)12(25-7(2)21)13-11(15)8(17-18-16)4-9(26-13)14(22)23-3/h4,8,10-13,19H,5,15H2,1-3H3. The number of hydrogen-bond acceptors (Lipinski definition) is 10. The maximum Gasteiger partial charge on any atom is 0.372 e. The van der Waals surface area contributed by atoms with E-state index in [0.717, 1.165) is 27.0 Å². The van der Waals surface area contributed by atoms with E-state index in [1.807, 2.05) is 0 Å². The molecule has 12 heteroatoms. The van der Waals surface area contributed by atoms with Crippen molar-refractivity contribution in [3.8, 4) is 0 Å². The molecule has 0 aromatic heterocycles. The highest BCUT2D eigenvalue weighted by Crippen LogP contribution is 2.26. The van der Waals surface area contributed by atoms with Gasteiger partial charge in [-0.3, -0.25) is 9.59 Å². The number of ether oxygens (including phenoxy) is 4. The second kappa shape index (κ2) is 9.61. The van der Waals surface area contributed by atoms with Crippen molar-refractivity contribution < 1.29 is 38.4 Å². The third kappa shape index (κ3) is 5.34. The number of carbonyl (C=O) groups excluding carboxylic acids is 3. The summed E-state index contributed by atoms with van der Waals surface area (Å²) in [5, 5.41) is 13.0. The van der Waals surface area contributed by atoms with Crippen LogP contribution in [0.5, 0.6) is 0 Å². The Morgan fingerprint density at radius 2 is 2.00 bits per heavy atom. The quantitative estimate of drug-likeness (QED) is 0.192. The number of nitrogens with two attached hydrogens (primary N) is 1. The molecule has 1 rings (SSSR count). The van der Waals surface area contributed by atoms with Crippen LogP contribution < -0.4 is 5.73 Å². The first-order chi connectivity index (χ1) is 12.2. The van der Waals surface area contributed by atoms with Gasteiger partial charge in [-0.1, -0.05) is 5.11 Å². The van der Waals surface area contributed by atoms with Gasteiger partial charge in [-0.2, -0.15) is 0 Å². The van der Waals surface area contributed by atoms with Gasteiger partial charge >= 0.3 is 17.9 Å². The first-order valence-electron chi connectivity index (χ1n) is 7.47. The Morgan fingerprint density at radius 1 is 1.38 bits per heavy atom. The van der Waals surface area contributed by atoms with Gasteiger partial charge < -0.3 is 29.8 Å². The molecule has 12 nitrogen and oxygen atoms in total. The summed E-state index contributed by atoms with van der Waals surface area (Å²) < 4.78 is 20.1. The molecule has 26 heavy (non-hydrogen) atoms. The Morgan fingerprint density at radius 3 is 2.46 bits per heavy atom. The first-order valence-corrected chi connectivity index (χ1v) is 7.47. The molecule has 1 aliphatic heterocycles. The lowest BCUT2D eigenvalue weighted by Crippen LogP contribution is -2.58. The molecule has 5 atom stereocenters. The van der Waals surface area contributed by atoms with Crippen LogP contribution in [0, 0.1) is 0 Å². The monoisotopic (exact) mass is 372 g/mol. The summed E-state index contributed by atoms with van der Waals surface area (Å²) in [4.78, 5) is 37.2. The van der Waals surface area contributed by atoms with E-state index in [4.69, 9.17) is 25.5 Å². The average molecular weight is 372 g/mol. The lowest BCUT2D eigenvalue weighted by Gasteiger charge is -2.38. The lowest BCUT2D eigenvalue weighted by molar-refractivity contribution is -0.183. The number of esters is 3. The highest BCUT2D eigenvalue weighted by atomic mass is 16.6. The molecule has 3 N–H and O–H groups in total. The van der Waals surface area contributed by atoms with Crippen molar-refractivity contribution in [2.45, 2.75) is 44.2 Å². The molecule has 0 aliphatic carbocycles. The molecular weight excluding hydrogens is 352 g/mol. The van der Waals surface area contributed by atoms with Gasteiger partial charge in [0.25, 0.3) is 0 Å². The Balaban J connectivity index is 3.30. The number of aliphatic hydroxyl groups excluding tert-OH is 1. The molecule has 0 amide bonds. The normalized spacial score (nSPS) is 24.0. The van der Waals surface area contributed by atoms with E-state index < -0.39 is 54.9 Å². The van der Waals surface area contributed by atoms with Crippen LogP contribution >= 0.6 is 0 Å². The van der Waals surface area contributed by atoms with Crippen LogP contribution in [0.4, 0.5) is 0 Å². The second-order valence-electron chi connectivity index (χ2n) is 5.28. The molecule has 0 aromatic rings. The molecule has 0 aromatic carbocycles. The first kappa shape index (κ1) is 21.2. The van der Waals surface area contributed by atoms with Gasteiger partial charge in [0.1, 0.15) is 0 Å². The van der Waals surface area contributed by atoms with E-state index in [1.165, 1.54) is 0 Å². The summed E-state index contributed by atoms with van der Waals surface area (Å²) in [7, 11) is 1.11. The Bertz CT molecular complexity index is 630. The topological polar surface area (TPSA) is 183 Å². The van der Waals surface area contributed by atoms with Gasteiger partial charge in [-0.15, -0.1) is 0 Å². The zero-order valence-electron chi connectivity index (χ0n) is 14.4. The molecule has 5 unspecified atom stereocenters. The van der Waals surface area contributed by atoms with Gasteiger partial charge in [0.2, 0.25) is 5.76 Å². The number of rotatable bonds is 7. The van der Waals surface area contributed by atoms with E-state index in [0.29, 0.717) is 0 Å². The molecule has 0 saturated heterocycles. The lowest BCUT2D eigenvalue weighted by atomic mass is 9.93. The fourth-order valence-corrected chi connectivity index (χ4v) is 2.37. The summed E-state index contributed by atoms with van der Waals surface area (Å²) in [6.45, 7) is 1.47. The summed E-state index contributed by atoms with van der Waals surface area (Å²) in [5.74, 6) is -2.73. The predicted molar refractivity (Wildman–Crippen MR) is 84.1 cm³/mol. The maximum absolute atomic E-state index is 11.8. The number of aliphatic hydroxyl groups is 1. The average Bonchev–Trinajstić information content (AvgIpc) is 2.58. The molecule has 144 valence electrons. The minimum atomic E-state index is -1.37. The van der Waals surface area contributed by atoms with E-state index in [-0.39, 0.29) is 5.76 Å². The van der Waals surface area contributed by atoms with Crippen molar-refractivity contribution in [3.05, 3.63) is 22.3 Å². The summed E-state index contributed by atoms with van der Waals surface area (Å²) in [6.07, 6.45) is -2.81. The number of carbonyl (C=O) groups is 3. The molecule has 0 bridgehead atoms. The van der Waals surface area contributed by atoms with Crippen molar-refractivity contribution in [1.29, 1.82) is 0 Å². The number of nitrogens with zero attached hydrogens (tertiary/aromatic N) is 3. The smallest absolute Gasteiger partial charge is 0.372 e. The van der Waals surface area contributed by atoms with Gasteiger partial charge in [-0.05, 0) is 11.6 Å². The molecule has 1 aliphatic rings. The SMILES string of the molecule is COC(=O)C1=CC(N=[N+]=[N-])C(N)C(C(OC(C)=O)C(CO)OC(C)=O)O1. The Labute approximate surface area is 148 Å². The van der Waals surface area contributed by atoms with E-state index >= 15 is 0 Å². The second-order valence-corrected chi connectivity index (χ2v) is 5.28. The van der Waals surface area contributed by atoms with Crippen LogP contribution in [-0.2, 0) is 33.3 Å². The van der Waals surface area contributed by atoms with Crippen molar-refractivity contribution >= 4 is 17.9 Å². The predicted octanol–water partition coefficient (Wildman–Crippen LogP) is -0.696. The van der Waals surface area contributed by atoms with Crippen molar-refractivity contribution in [3.63, 3.8) is 0 Å². The number of hydrogen-bond donors (Lipinski definition) is 2. The Kier molecular flexibility index (Phi) is 7.84. The zero-order chi connectivity index (χ0) is 19.9. The largest absolute Gasteiger partial charge is 0.478 e. The summed E-state index contributed by atoms with van der Waals surface area (Å²) in [6, 6.07) is -2.11. The molecule has 0 fully saturated rings. The van der Waals surface area contributed by atoms with E-state index in [9.17, 15) is 19.5 Å². The van der Waals surface area contributed by atoms with Crippen LogP contribution in [0.3, 0.4) is 0 Å². The molecule has 0 spiro atoms. The maximum atomic E-state index is 11.8.